The molecule has 18 heavy (non-hydrogen) atoms. The van der Waals surface area contributed by atoms with E-state index in [1.165, 1.54) is 5.56 Å². The first-order valence-corrected chi connectivity index (χ1v) is 7.33. The number of nitrogens with one attached hydrogen (secondary N) is 1. The molecule has 5 heteroatoms. The molecule has 2 aromatic rings. The number of hydrazine groups is 1. The van der Waals surface area contributed by atoms with Gasteiger partial charge < -0.3 is 0 Å². The van der Waals surface area contributed by atoms with Crippen molar-refractivity contribution in [3.63, 3.8) is 0 Å². The highest BCUT2D eigenvalue weighted by molar-refractivity contribution is 7.07. The van der Waals surface area contributed by atoms with Crippen molar-refractivity contribution in [1.29, 1.82) is 0 Å². The molecule has 0 bridgehead atoms. The Bertz CT molecular complexity index is 500. The molecule has 1 atom stereocenters. The van der Waals surface area contributed by atoms with E-state index in [9.17, 15) is 0 Å². The lowest BCUT2D eigenvalue weighted by molar-refractivity contribution is 0.517. The maximum absolute atomic E-state index is 6.20. The highest BCUT2D eigenvalue weighted by Gasteiger charge is 2.15. The van der Waals surface area contributed by atoms with E-state index in [1.807, 2.05) is 12.1 Å². The number of halogens is 2. The minimum atomic E-state index is 0.0103. The summed E-state index contributed by atoms with van der Waals surface area (Å²) in [6.07, 6.45) is 1.84. The summed E-state index contributed by atoms with van der Waals surface area (Å²) in [4.78, 5) is 0. The van der Waals surface area contributed by atoms with E-state index < -0.39 is 0 Å². The van der Waals surface area contributed by atoms with E-state index in [1.54, 1.807) is 17.4 Å². The first kappa shape index (κ1) is 13.8. The summed E-state index contributed by atoms with van der Waals surface area (Å²) in [6.45, 7) is 0. The van der Waals surface area contributed by atoms with Gasteiger partial charge in [0.05, 0.1) is 10.0 Å². The minimum absolute atomic E-state index is 0.0103. The van der Waals surface area contributed by atoms with Crippen LogP contribution >= 0.6 is 34.5 Å². The Balaban J connectivity index is 2.10. The maximum Gasteiger partial charge on any atom is 0.0640 e. The Kier molecular flexibility index (Phi) is 5.03. The molecular formula is C13H14Cl2N2S. The van der Waals surface area contributed by atoms with Crippen molar-refractivity contribution in [3.8, 4) is 0 Å². The van der Waals surface area contributed by atoms with Gasteiger partial charge in [0.2, 0.25) is 0 Å². The van der Waals surface area contributed by atoms with Crippen LogP contribution in [-0.4, -0.2) is 0 Å². The van der Waals surface area contributed by atoms with Gasteiger partial charge in [-0.1, -0.05) is 35.3 Å². The molecule has 1 aromatic heterocycles. The van der Waals surface area contributed by atoms with Crippen molar-refractivity contribution in [2.75, 3.05) is 0 Å². The second kappa shape index (κ2) is 6.55. The van der Waals surface area contributed by atoms with Gasteiger partial charge in [-0.2, -0.15) is 11.3 Å². The molecule has 1 heterocycles. The smallest absolute Gasteiger partial charge is 0.0640 e. The highest BCUT2D eigenvalue weighted by Crippen LogP contribution is 2.31. The third-order valence-corrected chi connectivity index (χ3v) is 4.43. The van der Waals surface area contributed by atoms with Crippen LogP contribution < -0.4 is 11.3 Å². The van der Waals surface area contributed by atoms with E-state index in [4.69, 9.17) is 29.0 Å². The molecule has 0 aliphatic carbocycles. The Morgan fingerprint density at radius 2 is 2.11 bits per heavy atom. The summed E-state index contributed by atoms with van der Waals surface area (Å²) in [7, 11) is 0. The summed E-state index contributed by atoms with van der Waals surface area (Å²) >= 11 is 13.9. The first-order valence-electron chi connectivity index (χ1n) is 5.63. The van der Waals surface area contributed by atoms with Crippen molar-refractivity contribution < 1.29 is 0 Å². The number of thiophene rings is 1. The van der Waals surface area contributed by atoms with Gasteiger partial charge in [0.25, 0.3) is 0 Å². The zero-order valence-electron chi connectivity index (χ0n) is 9.70. The molecule has 0 saturated carbocycles. The number of benzene rings is 1. The van der Waals surface area contributed by atoms with E-state index in [2.05, 4.69) is 22.3 Å². The van der Waals surface area contributed by atoms with E-state index >= 15 is 0 Å². The quantitative estimate of drug-likeness (QED) is 0.642. The van der Waals surface area contributed by atoms with Crippen molar-refractivity contribution in [1.82, 2.24) is 5.43 Å². The topological polar surface area (TPSA) is 38.0 Å². The van der Waals surface area contributed by atoms with Crippen LogP contribution in [0, 0.1) is 0 Å². The van der Waals surface area contributed by atoms with Gasteiger partial charge in [-0.15, -0.1) is 0 Å². The molecule has 3 N–H and O–H groups in total. The van der Waals surface area contributed by atoms with Crippen LogP contribution in [0.2, 0.25) is 10.0 Å². The summed E-state index contributed by atoms with van der Waals surface area (Å²) in [6, 6.07) is 7.75. The number of aryl methyl sites for hydroxylation is 1. The Hall–Kier alpha value is -0.580. The molecule has 2 nitrogen and oxygen atoms in total. The number of hydrogen-bond acceptors (Lipinski definition) is 3. The van der Waals surface area contributed by atoms with Crippen molar-refractivity contribution in [2.24, 2.45) is 5.84 Å². The molecule has 1 unspecified atom stereocenters. The molecular weight excluding hydrogens is 287 g/mol. The number of nitrogens with two attached hydrogens (primary N) is 1. The van der Waals surface area contributed by atoms with Crippen LogP contribution in [-0.2, 0) is 6.42 Å². The Morgan fingerprint density at radius 3 is 2.78 bits per heavy atom. The largest absolute Gasteiger partial charge is 0.271 e. The predicted octanol–water partition coefficient (Wildman–Crippen LogP) is 4.19. The molecule has 0 aliphatic rings. The first-order chi connectivity index (χ1) is 8.72. The Labute approximate surface area is 121 Å². The van der Waals surface area contributed by atoms with Crippen LogP contribution in [0.5, 0.6) is 0 Å². The highest BCUT2D eigenvalue weighted by atomic mass is 35.5. The predicted molar refractivity (Wildman–Crippen MR) is 79.2 cm³/mol. The third-order valence-electron chi connectivity index (χ3n) is 2.86. The fourth-order valence-corrected chi connectivity index (χ4v) is 3.01. The SMILES string of the molecule is NNC(CCc1ccsc1)c1cccc(Cl)c1Cl. The lowest BCUT2D eigenvalue weighted by atomic mass is 10.0. The lowest BCUT2D eigenvalue weighted by Crippen LogP contribution is -2.28. The van der Waals surface area contributed by atoms with Gasteiger partial charge in [-0.05, 0) is 46.9 Å². The fraction of sp³-hybridized carbons (Fsp3) is 0.231. The number of hydrogen-bond donors (Lipinski definition) is 2. The lowest BCUT2D eigenvalue weighted by Gasteiger charge is -2.18. The van der Waals surface area contributed by atoms with E-state index in [0.29, 0.717) is 10.0 Å². The molecule has 0 radical (unpaired) electrons. The van der Waals surface area contributed by atoms with Crippen molar-refractivity contribution in [2.45, 2.75) is 18.9 Å². The molecule has 0 aliphatic heterocycles. The van der Waals surface area contributed by atoms with Crippen molar-refractivity contribution >= 4 is 34.5 Å². The molecule has 2 rings (SSSR count). The molecule has 0 saturated heterocycles. The summed E-state index contributed by atoms with van der Waals surface area (Å²) in [5.41, 5.74) is 5.07. The van der Waals surface area contributed by atoms with Crippen molar-refractivity contribution in [3.05, 3.63) is 56.2 Å². The summed E-state index contributed by atoms with van der Waals surface area (Å²) in [5, 5.41) is 5.36. The monoisotopic (exact) mass is 300 g/mol. The average Bonchev–Trinajstić information content (AvgIpc) is 2.88. The zero-order valence-corrected chi connectivity index (χ0v) is 12.0. The fourth-order valence-electron chi connectivity index (χ4n) is 1.86. The van der Waals surface area contributed by atoms with Gasteiger partial charge in [0.1, 0.15) is 0 Å². The second-order valence-corrected chi connectivity index (χ2v) is 5.60. The molecule has 0 fully saturated rings. The maximum atomic E-state index is 6.20. The molecule has 1 aromatic carbocycles. The van der Waals surface area contributed by atoms with E-state index in [-0.39, 0.29) is 6.04 Å². The third kappa shape index (κ3) is 3.25. The number of rotatable bonds is 5. The van der Waals surface area contributed by atoms with Crippen LogP contribution in [0.1, 0.15) is 23.6 Å². The van der Waals surface area contributed by atoms with Crippen LogP contribution in [0.15, 0.2) is 35.0 Å². The summed E-state index contributed by atoms with van der Waals surface area (Å²) in [5.74, 6) is 5.61. The van der Waals surface area contributed by atoms with Gasteiger partial charge >= 0.3 is 0 Å². The van der Waals surface area contributed by atoms with Crippen LogP contribution in [0.25, 0.3) is 0 Å². The standard InChI is InChI=1S/C13H14Cl2N2S/c14-11-3-1-2-10(13(11)15)12(17-16)5-4-9-6-7-18-8-9/h1-3,6-8,12,17H,4-5,16H2. The average molecular weight is 301 g/mol. The van der Waals surface area contributed by atoms with Gasteiger partial charge in [-0.25, -0.2) is 0 Å². The van der Waals surface area contributed by atoms with Crippen LogP contribution in [0.4, 0.5) is 0 Å². The molecule has 0 spiro atoms. The second-order valence-electron chi connectivity index (χ2n) is 4.03. The van der Waals surface area contributed by atoms with Gasteiger partial charge in [0, 0.05) is 6.04 Å². The minimum Gasteiger partial charge on any atom is -0.271 e. The summed E-state index contributed by atoms with van der Waals surface area (Å²) < 4.78 is 0. The van der Waals surface area contributed by atoms with Gasteiger partial charge in [0.15, 0.2) is 0 Å². The van der Waals surface area contributed by atoms with E-state index in [0.717, 1.165) is 18.4 Å². The van der Waals surface area contributed by atoms with Gasteiger partial charge in [-0.3, -0.25) is 11.3 Å². The van der Waals surface area contributed by atoms with Crippen LogP contribution in [0.3, 0.4) is 0 Å². The zero-order chi connectivity index (χ0) is 13.0. The molecule has 96 valence electrons. The molecule has 0 amide bonds. The Morgan fingerprint density at radius 1 is 1.28 bits per heavy atom. The normalized spacial score (nSPS) is 12.6.